The number of hydrogen-bond acceptors (Lipinski definition) is 5. The summed E-state index contributed by atoms with van der Waals surface area (Å²) in [7, 11) is 0. The van der Waals surface area contributed by atoms with Crippen LogP contribution in [0.4, 0.5) is 11.4 Å². The van der Waals surface area contributed by atoms with Crippen LogP contribution < -0.4 is 20.1 Å². The summed E-state index contributed by atoms with van der Waals surface area (Å²) in [5.41, 5.74) is 5.91. The van der Waals surface area contributed by atoms with Crippen molar-refractivity contribution in [3.05, 3.63) is 84.8 Å². The molecule has 0 aliphatic carbocycles. The van der Waals surface area contributed by atoms with Crippen LogP contribution in [0.15, 0.2) is 57.0 Å². The fourth-order valence-corrected chi connectivity index (χ4v) is 4.86. The number of anilines is 2. The normalized spacial score (nSPS) is 11.0. The van der Waals surface area contributed by atoms with E-state index in [1.165, 1.54) is 6.08 Å². The molecule has 9 heteroatoms. The lowest BCUT2D eigenvalue weighted by atomic mass is 10.1. The van der Waals surface area contributed by atoms with Crippen molar-refractivity contribution in [1.82, 2.24) is 0 Å². The maximum absolute atomic E-state index is 12.8. The average molecular weight is 655 g/mol. The van der Waals surface area contributed by atoms with Crippen LogP contribution in [0.25, 0.3) is 6.08 Å². The third-order valence-electron chi connectivity index (χ3n) is 5.84. The second-order valence-electron chi connectivity index (χ2n) is 8.96. The molecule has 0 bridgehead atoms. The lowest BCUT2D eigenvalue weighted by molar-refractivity contribution is -0.118. The van der Waals surface area contributed by atoms with E-state index in [9.17, 15) is 14.9 Å². The molecule has 0 aliphatic rings. The average Bonchev–Trinajstić information content (AvgIpc) is 2.87. The van der Waals surface area contributed by atoms with E-state index in [2.05, 4.69) is 42.5 Å². The third kappa shape index (κ3) is 7.94. The van der Waals surface area contributed by atoms with Crippen LogP contribution in [0.3, 0.4) is 0 Å². The molecule has 0 saturated carbocycles. The molecule has 0 unspecified atom stereocenters. The Morgan fingerprint density at radius 3 is 2.28 bits per heavy atom. The van der Waals surface area contributed by atoms with Crippen LogP contribution in [0.5, 0.6) is 11.5 Å². The number of carbonyl (C=O) groups excluding carboxylic acids is 2. The van der Waals surface area contributed by atoms with E-state index >= 15 is 0 Å². The minimum atomic E-state index is -0.520. The summed E-state index contributed by atoms with van der Waals surface area (Å²) in [4.78, 5) is 25.5. The van der Waals surface area contributed by atoms with Gasteiger partial charge in [0.25, 0.3) is 11.8 Å². The summed E-state index contributed by atoms with van der Waals surface area (Å²) in [5, 5.41) is 15.3. The molecule has 0 saturated heterocycles. The number of aryl methyl sites for hydroxylation is 4. The predicted octanol–water partition coefficient (Wildman–Crippen LogP) is 7.41. The van der Waals surface area contributed by atoms with Crippen LogP contribution >= 0.6 is 31.9 Å². The molecule has 3 aromatic carbocycles. The summed E-state index contributed by atoms with van der Waals surface area (Å²) in [6, 6.07) is 14.8. The molecule has 0 aliphatic heterocycles. The summed E-state index contributed by atoms with van der Waals surface area (Å²) in [6.07, 6.45) is 1.47. The van der Waals surface area contributed by atoms with Gasteiger partial charge in [0.1, 0.15) is 11.6 Å². The molecule has 2 amide bonds. The molecule has 0 aromatic heterocycles. The number of nitriles is 1. The number of ether oxygens (including phenoxy) is 2. The second-order valence-corrected chi connectivity index (χ2v) is 10.7. The molecular weight excluding hydrogens is 626 g/mol. The smallest absolute Gasteiger partial charge is 0.266 e. The fourth-order valence-electron chi connectivity index (χ4n) is 3.73. The van der Waals surface area contributed by atoms with Gasteiger partial charge < -0.3 is 20.1 Å². The van der Waals surface area contributed by atoms with Gasteiger partial charge in [-0.1, -0.05) is 17.7 Å². The van der Waals surface area contributed by atoms with Gasteiger partial charge in [0, 0.05) is 10.2 Å². The Hall–Kier alpha value is -3.61. The molecular formula is C30H29Br2N3O4. The molecule has 202 valence electrons. The number of benzene rings is 3. The highest BCUT2D eigenvalue weighted by atomic mass is 79.9. The van der Waals surface area contributed by atoms with Gasteiger partial charge in [-0.2, -0.15) is 5.26 Å². The highest BCUT2D eigenvalue weighted by Gasteiger charge is 2.17. The van der Waals surface area contributed by atoms with E-state index in [1.54, 1.807) is 12.1 Å². The van der Waals surface area contributed by atoms with E-state index in [1.807, 2.05) is 71.0 Å². The summed E-state index contributed by atoms with van der Waals surface area (Å²) in [5.74, 6) is -0.160. The number of halogens is 2. The van der Waals surface area contributed by atoms with E-state index in [0.29, 0.717) is 39.5 Å². The largest absolute Gasteiger partial charge is 0.490 e. The van der Waals surface area contributed by atoms with Crippen molar-refractivity contribution in [2.45, 2.75) is 34.6 Å². The number of nitrogens with one attached hydrogen (secondary N) is 2. The summed E-state index contributed by atoms with van der Waals surface area (Å²) >= 11 is 6.95. The maximum atomic E-state index is 12.8. The molecule has 3 aromatic rings. The molecule has 0 atom stereocenters. The zero-order chi connectivity index (χ0) is 28.7. The lowest BCUT2D eigenvalue weighted by Crippen LogP contribution is -2.21. The first-order valence-electron chi connectivity index (χ1n) is 12.2. The van der Waals surface area contributed by atoms with Gasteiger partial charge in [0.05, 0.1) is 16.8 Å². The van der Waals surface area contributed by atoms with Crippen LogP contribution in [0.1, 0.15) is 34.7 Å². The van der Waals surface area contributed by atoms with Crippen molar-refractivity contribution >= 4 is 61.1 Å². The van der Waals surface area contributed by atoms with Crippen LogP contribution in [0.2, 0.25) is 0 Å². The van der Waals surface area contributed by atoms with Crippen molar-refractivity contribution < 1.29 is 19.1 Å². The molecule has 39 heavy (non-hydrogen) atoms. The Labute approximate surface area is 245 Å². The predicted molar refractivity (Wildman–Crippen MR) is 161 cm³/mol. The van der Waals surface area contributed by atoms with Crippen molar-refractivity contribution in [1.29, 1.82) is 5.26 Å². The number of carbonyl (C=O) groups is 2. The number of rotatable bonds is 9. The SMILES string of the molecule is CCOc1cc(/C=C(/C#N)C(=O)Nc2ccc(C)cc2C)cc(Br)c1OCC(=O)Nc1cc(C)c(C)cc1Br. The molecule has 0 heterocycles. The van der Waals surface area contributed by atoms with E-state index in [4.69, 9.17) is 9.47 Å². The maximum Gasteiger partial charge on any atom is 0.266 e. The van der Waals surface area contributed by atoms with Gasteiger partial charge in [-0.05, 0) is 125 Å². The van der Waals surface area contributed by atoms with Crippen molar-refractivity contribution in [2.75, 3.05) is 23.8 Å². The van der Waals surface area contributed by atoms with E-state index in [0.717, 1.165) is 26.7 Å². The van der Waals surface area contributed by atoms with Gasteiger partial charge in [-0.3, -0.25) is 9.59 Å². The highest BCUT2D eigenvalue weighted by Crippen LogP contribution is 2.38. The molecule has 0 fully saturated rings. The van der Waals surface area contributed by atoms with Gasteiger partial charge in [0.15, 0.2) is 18.1 Å². The minimum absolute atomic E-state index is 0.0728. The molecule has 7 nitrogen and oxygen atoms in total. The monoisotopic (exact) mass is 653 g/mol. The Bertz CT molecular complexity index is 1490. The Morgan fingerprint density at radius 1 is 0.897 bits per heavy atom. The zero-order valence-electron chi connectivity index (χ0n) is 22.4. The number of nitrogens with zero attached hydrogens (tertiary/aromatic N) is 1. The van der Waals surface area contributed by atoms with Crippen molar-refractivity contribution in [3.8, 4) is 17.6 Å². The molecule has 3 rings (SSSR count). The zero-order valence-corrected chi connectivity index (χ0v) is 25.5. The van der Waals surface area contributed by atoms with Crippen molar-refractivity contribution in [3.63, 3.8) is 0 Å². The lowest BCUT2D eigenvalue weighted by Gasteiger charge is -2.15. The van der Waals surface area contributed by atoms with Crippen LogP contribution in [-0.2, 0) is 9.59 Å². The first kappa shape index (κ1) is 29.9. The quantitative estimate of drug-likeness (QED) is 0.185. The van der Waals surface area contributed by atoms with Gasteiger partial charge >= 0.3 is 0 Å². The Balaban J connectivity index is 1.79. The van der Waals surface area contributed by atoms with Crippen molar-refractivity contribution in [2.24, 2.45) is 0 Å². The third-order valence-corrected chi connectivity index (χ3v) is 7.09. The fraction of sp³-hybridized carbons (Fsp3) is 0.233. The van der Waals surface area contributed by atoms with E-state index in [-0.39, 0.29) is 18.1 Å². The second kappa shape index (κ2) is 13.5. The molecule has 0 spiro atoms. The standard InChI is InChI=1S/C30H29Br2N3O4/c1-6-38-27-14-21(12-22(15-33)30(37)35-25-8-7-17(2)9-20(25)5)13-24(32)29(27)39-16-28(36)34-26-11-19(4)18(3)10-23(26)31/h7-14H,6,16H2,1-5H3,(H,34,36)(H,35,37)/b22-12-. The van der Waals surface area contributed by atoms with E-state index < -0.39 is 5.91 Å². The minimum Gasteiger partial charge on any atom is -0.490 e. The molecule has 0 radical (unpaired) electrons. The number of amides is 2. The first-order valence-corrected chi connectivity index (χ1v) is 13.8. The summed E-state index contributed by atoms with van der Waals surface area (Å²) in [6.45, 7) is 9.74. The summed E-state index contributed by atoms with van der Waals surface area (Å²) < 4.78 is 12.9. The molecule has 2 N–H and O–H groups in total. The first-order chi connectivity index (χ1) is 18.5. The van der Waals surface area contributed by atoms with Crippen LogP contribution in [0, 0.1) is 39.0 Å². The Kier molecular flexibility index (Phi) is 10.3. The Morgan fingerprint density at radius 2 is 1.62 bits per heavy atom. The van der Waals surface area contributed by atoms with Gasteiger partial charge in [-0.15, -0.1) is 0 Å². The topological polar surface area (TPSA) is 100 Å². The number of hydrogen-bond donors (Lipinski definition) is 2. The van der Waals surface area contributed by atoms with Gasteiger partial charge in [0.2, 0.25) is 0 Å². The van der Waals surface area contributed by atoms with Gasteiger partial charge in [-0.25, -0.2) is 0 Å². The van der Waals surface area contributed by atoms with Crippen LogP contribution in [-0.4, -0.2) is 25.0 Å². The highest BCUT2D eigenvalue weighted by molar-refractivity contribution is 9.11.